The van der Waals surface area contributed by atoms with E-state index in [0.717, 1.165) is 38.8 Å². The van der Waals surface area contributed by atoms with E-state index in [2.05, 4.69) is 27.8 Å². The molecule has 0 atom stereocenters. The van der Waals surface area contributed by atoms with Crippen LogP contribution in [-0.4, -0.2) is 21.8 Å². The minimum atomic E-state index is -0.796. The van der Waals surface area contributed by atoms with Crippen LogP contribution in [0.15, 0.2) is 27.6 Å². The molecule has 0 fully saturated rings. The Bertz CT molecular complexity index is 658. The van der Waals surface area contributed by atoms with Crippen molar-refractivity contribution in [2.24, 2.45) is 0 Å². The van der Waals surface area contributed by atoms with Gasteiger partial charge < -0.3 is 5.11 Å². The monoisotopic (exact) mass is 353 g/mol. The lowest BCUT2D eigenvalue weighted by Gasteiger charge is -2.14. The molecule has 0 unspecified atom stereocenters. The summed E-state index contributed by atoms with van der Waals surface area (Å²) in [6.45, 7) is 4.12. The molecule has 1 aromatic carbocycles. The molecule has 0 aliphatic rings. The van der Waals surface area contributed by atoms with E-state index in [-0.39, 0.29) is 5.75 Å². The molecule has 0 saturated carbocycles. The lowest BCUT2D eigenvalue weighted by atomic mass is 10.1. The van der Waals surface area contributed by atoms with Gasteiger partial charge in [0.25, 0.3) is 0 Å². The second-order valence-corrected chi connectivity index (χ2v) is 6.50. The van der Waals surface area contributed by atoms with Gasteiger partial charge in [-0.1, -0.05) is 29.3 Å². The number of thioether (sulfide) groups is 1. The quantitative estimate of drug-likeness (QED) is 0.807. The van der Waals surface area contributed by atoms with Crippen molar-refractivity contribution in [1.29, 1.82) is 0 Å². The SMILES string of the molecule is CCCc1c(C)nc2ccc(Br)cc2c1SCC(=O)O. The molecule has 1 heterocycles. The normalized spacial score (nSPS) is 10.9. The fraction of sp³-hybridized carbons (Fsp3) is 0.333. The number of nitrogens with zero attached hydrogens (tertiary/aromatic N) is 1. The van der Waals surface area contributed by atoms with Gasteiger partial charge in [0.2, 0.25) is 0 Å². The van der Waals surface area contributed by atoms with Crippen LogP contribution in [0.1, 0.15) is 24.6 Å². The Hall–Kier alpha value is -1.07. The summed E-state index contributed by atoms with van der Waals surface area (Å²) in [6.07, 6.45) is 1.94. The predicted molar refractivity (Wildman–Crippen MR) is 86.5 cm³/mol. The number of carboxylic acids is 1. The molecule has 3 nitrogen and oxygen atoms in total. The van der Waals surface area contributed by atoms with Crippen LogP contribution >= 0.6 is 27.7 Å². The summed E-state index contributed by atoms with van der Waals surface area (Å²) in [4.78, 5) is 16.6. The van der Waals surface area contributed by atoms with Gasteiger partial charge in [-0.25, -0.2) is 0 Å². The number of pyridine rings is 1. The topological polar surface area (TPSA) is 50.2 Å². The Balaban J connectivity index is 2.63. The van der Waals surface area contributed by atoms with Crippen LogP contribution in [0.25, 0.3) is 10.9 Å². The van der Waals surface area contributed by atoms with Gasteiger partial charge in [-0.2, -0.15) is 0 Å². The molecule has 0 spiro atoms. The molecule has 2 rings (SSSR count). The highest BCUT2D eigenvalue weighted by atomic mass is 79.9. The van der Waals surface area contributed by atoms with Gasteiger partial charge in [-0.05, 0) is 37.1 Å². The summed E-state index contributed by atoms with van der Waals surface area (Å²) < 4.78 is 0.982. The average molecular weight is 354 g/mol. The summed E-state index contributed by atoms with van der Waals surface area (Å²) in [5.74, 6) is -0.725. The molecule has 0 saturated heterocycles. The van der Waals surface area contributed by atoms with Crippen molar-refractivity contribution in [3.8, 4) is 0 Å². The average Bonchev–Trinajstić information content (AvgIpc) is 2.39. The van der Waals surface area contributed by atoms with Gasteiger partial charge in [-0.3, -0.25) is 9.78 Å². The van der Waals surface area contributed by atoms with Crippen molar-refractivity contribution in [3.05, 3.63) is 33.9 Å². The molecule has 0 aliphatic heterocycles. The molecule has 5 heteroatoms. The molecule has 0 radical (unpaired) electrons. The summed E-state index contributed by atoms with van der Waals surface area (Å²) >= 11 is 4.86. The number of aryl methyl sites for hydroxylation is 1. The van der Waals surface area contributed by atoms with Gasteiger partial charge in [0, 0.05) is 20.4 Å². The number of rotatable bonds is 5. The first kappa shape index (κ1) is 15.3. The maximum atomic E-state index is 10.9. The minimum absolute atomic E-state index is 0.0712. The lowest BCUT2D eigenvalue weighted by molar-refractivity contribution is -0.133. The van der Waals surface area contributed by atoms with E-state index in [1.807, 2.05) is 25.1 Å². The summed E-state index contributed by atoms with van der Waals surface area (Å²) in [5, 5.41) is 9.97. The van der Waals surface area contributed by atoms with E-state index >= 15 is 0 Å². The van der Waals surface area contributed by atoms with Crippen molar-refractivity contribution < 1.29 is 9.90 Å². The lowest BCUT2D eigenvalue weighted by Crippen LogP contribution is -2.02. The number of hydrogen-bond acceptors (Lipinski definition) is 3. The molecule has 20 heavy (non-hydrogen) atoms. The van der Waals surface area contributed by atoms with Gasteiger partial charge in [0.05, 0.1) is 11.3 Å². The van der Waals surface area contributed by atoms with Crippen LogP contribution in [-0.2, 0) is 11.2 Å². The highest BCUT2D eigenvalue weighted by molar-refractivity contribution is 9.10. The molecule has 1 N–H and O–H groups in total. The van der Waals surface area contributed by atoms with Crippen LogP contribution in [0.4, 0.5) is 0 Å². The van der Waals surface area contributed by atoms with Crippen LogP contribution in [0.5, 0.6) is 0 Å². The predicted octanol–water partition coefficient (Wildman–Crippen LogP) is 4.43. The molecule has 0 aliphatic carbocycles. The van der Waals surface area contributed by atoms with Crippen LogP contribution in [0.3, 0.4) is 0 Å². The fourth-order valence-corrected chi connectivity index (χ4v) is 3.58. The number of fused-ring (bicyclic) bond motifs is 1. The molecule has 0 bridgehead atoms. The first-order chi connectivity index (χ1) is 9.52. The minimum Gasteiger partial charge on any atom is -0.481 e. The summed E-state index contributed by atoms with van der Waals surface area (Å²) in [6, 6.07) is 5.94. The standard InChI is InChI=1S/C15H16BrNO2S/c1-3-4-11-9(2)17-13-6-5-10(16)7-12(13)15(11)20-8-14(18)19/h5-7H,3-4,8H2,1-2H3,(H,18,19). The third-order valence-electron chi connectivity index (χ3n) is 3.04. The maximum absolute atomic E-state index is 10.9. The number of carbonyl (C=O) groups is 1. The summed E-state index contributed by atoms with van der Waals surface area (Å²) in [7, 11) is 0. The number of benzene rings is 1. The van der Waals surface area contributed by atoms with Crippen molar-refractivity contribution in [2.45, 2.75) is 31.6 Å². The van der Waals surface area contributed by atoms with Crippen molar-refractivity contribution in [1.82, 2.24) is 4.98 Å². The smallest absolute Gasteiger partial charge is 0.313 e. The molecule has 0 amide bonds. The van der Waals surface area contributed by atoms with E-state index in [1.54, 1.807) is 0 Å². The Morgan fingerprint density at radius 3 is 2.85 bits per heavy atom. The second-order valence-electron chi connectivity index (χ2n) is 4.60. The molecule has 2 aromatic rings. The zero-order chi connectivity index (χ0) is 14.7. The number of aliphatic carboxylic acids is 1. The van der Waals surface area contributed by atoms with Crippen LogP contribution in [0.2, 0.25) is 0 Å². The summed E-state index contributed by atoms with van der Waals surface area (Å²) in [5.41, 5.74) is 3.08. The van der Waals surface area contributed by atoms with Crippen molar-refractivity contribution in [3.63, 3.8) is 0 Å². The fourth-order valence-electron chi connectivity index (χ4n) is 2.21. The van der Waals surface area contributed by atoms with Gasteiger partial charge in [-0.15, -0.1) is 11.8 Å². The Morgan fingerprint density at radius 1 is 1.45 bits per heavy atom. The van der Waals surface area contributed by atoms with E-state index in [1.165, 1.54) is 17.3 Å². The first-order valence-corrected chi connectivity index (χ1v) is 8.24. The van der Waals surface area contributed by atoms with Gasteiger partial charge in [0.1, 0.15) is 0 Å². The van der Waals surface area contributed by atoms with Gasteiger partial charge >= 0.3 is 5.97 Å². The Morgan fingerprint density at radius 2 is 2.20 bits per heavy atom. The molecule has 1 aromatic heterocycles. The number of halogens is 1. The number of aromatic nitrogens is 1. The van der Waals surface area contributed by atoms with E-state index in [4.69, 9.17) is 5.11 Å². The molecular formula is C15H16BrNO2S. The van der Waals surface area contributed by atoms with E-state index in [9.17, 15) is 4.79 Å². The van der Waals surface area contributed by atoms with E-state index < -0.39 is 5.97 Å². The van der Waals surface area contributed by atoms with Crippen molar-refractivity contribution >= 4 is 44.6 Å². The highest BCUT2D eigenvalue weighted by Gasteiger charge is 2.14. The zero-order valence-corrected chi connectivity index (χ0v) is 13.8. The highest BCUT2D eigenvalue weighted by Crippen LogP contribution is 2.34. The largest absolute Gasteiger partial charge is 0.481 e. The zero-order valence-electron chi connectivity index (χ0n) is 11.4. The van der Waals surface area contributed by atoms with Crippen LogP contribution in [0, 0.1) is 6.92 Å². The van der Waals surface area contributed by atoms with E-state index in [0.29, 0.717) is 0 Å². The maximum Gasteiger partial charge on any atom is 0.313 e. The third-order valence-corrected chi connectivity index (χ3v) is 4.68. The molecule has 106 valence electrons. The Labute approximate surface area is 130 Å². The Kier molecular flexibility index (Phi) is 5.05. The van der Waals surface area contributed by atoms with Crippen molar-refractivity contribution in [2.75, 3.05) is 5.75 Å². The second kappa shape index (κ2) is 6.59. The number of hydrogen-bond donors (Lipinski definition) is 1. The first-order valence-electron chi connectivity index (χ1n) is 6.46. The molecular weight excluding hydrogens is 338 g/mol. The van der Waals surface area contributed by atoms with Crippen LogP contribution < -0.4 is 0 Å². The third kappa shape index (κ3) is 3.33. The van der Waals surface area contributed by atoms with Gasteiger partial charge in [0.15, 0.2) is 0 Å². The number of carboxylic acid groups (broad SMARTS) is 1.